The van der Waals surface area contributed by atoms with Gasteiger partial charge in [-0.15, -0.1) is 0 Å². The summed E-state index contributed by atoms with van der Waals surface area (Å²) in [5.74, 6) is 0.100. The van der Waals surface area contributed by atoms with E-state index in [-0.39, 0.29) is 5.78 Å². The summed E-state index contributed by atoms with van der Waals surface area (Å²) in [6, 6.07) is 0. The summed E-state index contributed by atoms with van der Waals surface area (Å²) in [7, 11) is 1.56. The first-order valence-electron chi connectivity index (χ1n) is 4.96. The van der Waals surface area contributed by atoms with Crippen molar-refractivity contribution in [1.29, 1.82) is 0 Å². The molecule has 0 amide bonds. The van der Waals surface area contributed by atoms with Crippen molar-refractivity contribution in [2.45, 2.75) is 37.1 Å². The lowest BCUT2D eigenvalue weighted by Crippen LogP contribution is -2.65. The molecule has 2 bridgehead atoms. The van der Waals surface area contributed by atoms with Crippen LogP contribution in [0.2, 0.25) is 0 Å². The van der Waals surface area contributed by atoms with E-state index in [9.17, 15) is 4.79 Å². The first kappa shape index (κ1) is 11.3. The minimum absolute atomic E-state index is 0.100. The zero-order chi connectivity index (χ0) is 11.3. The van der Waals surface area contributed by atoms with E-state index in [1.807, 2.05) is 26.0 Å². The van der Waals surface area contributed by atoms with Crippen LogP contribution in [-0.2, 0) is 14.3 Å². The van der Waals surface area contributed by atoms with Gasteiger partial charge in [0.1, 0.15) is 5.60 Å². The summed E-state index contributed by atoms with van der Waals surface area (Å²) in [6.07, 6.45) is 4.29. The van der Waals surface area contributed by atoms with Gasteiger partial charge in [0.05, 0.1) is 5.60 Å². The minimum Gasteiger partial charge on any atom is -0.366 e. The predicted molar refractivity (Wildman–Crippen MR) is 60.2 cm³/mol. The van der Waals surface area contributed by atoms with Crippen molar-refractivity contribution in [2.75, 3.05) is 12.4 Å². The molecule has 3 atom stereocenters. The molecule has 0 aliphatic carbocycles. The third-order valence-electron chi connectivity index (χ3n) is 3.50. The molecule has 1 saturated heterocycles. The van der Waals surface area contributed by atoms with Crippen molar-refractivity contribution < 1.29 is 14.3 Å². The van der Waals surface area contributed by atoms with Crippen LogP contribution in [-0.4, -0.2) is 35.0 Å². The van der Waals surface area contributed by atoms with Crippen molar-refractivity contribution >= 4 is 21.7 Å². The van der Waals surface area contributed by atoms with Crippen molar-refractivity contribution in [2.24, 2.45) is 0 Å². The highest BCUT2D eigenvalue weighted by molar-refractivity contribution is 9.09. The van der Waals surface area contributed by atoms with E-state index in [1.165, 1.54) is 0 Å². The quantitative estimate of drug-likeness (QED) is 0.570. The third-order valence-corrected chi connectivity index (χ3v) is 4.29. The number of alkyl halides is 1. The Morgan fingerprint density at radius 1 is 1.53 bits per heavy atom. The van der Waals surface area contributed by atoms with Crippen LogP contribution in [0.5, 0.6) is 0 Å². The minimum atomic E-state index is -0.889. The fourth-order valence-corrected chi connectivity index (χ4v) is 3.61. The number of ketones is 1. The number of carbonyl (C=O) groups is 1. The van der Waals surface area contributed by atoms with Gasteiger partial charge in [0, 0.05) is 18.9 Å². The third kappa shape index (κ3) is 1.28. The average molecular weight is 275 g/mol. The molecule has 4 heteroatoms. The number of fused-ring (bicyclic) bond motifs is 2. The Balaban J connectivity index is 2.49. The molecule has 0 radical (unpaired) electrons. The molecule has 84 valence electrons. The molecule has 2 aliphatic rings. The summed E-state index contributed by atoms with van der Waals surface area (Å²) < 4.78 is 11.4. The molecule has 0 unspecified atom stereocenters. The number of Topliss-reactive ketones (excluding diaryl/α,β-unsaturated/α-hetero) is 1. The van der Waals surface area contributed by atoms with Crippen LogP contribution < -0.4 is 0 Å². The summed E-state index contributed by atoms with van der Waals surface area (Å²) in [6.45, 7) is 3.83. The van der Waals surface area contributed by atoms with Gasteiger partial charge in [-0.3, -0.25) is 4.79 Å². The number of methoxy groups -OCH3 is 1. The molecule has 3 nitrogen and oxygen atoms in total. The van der Waals surface area contributed by atoms with E-state index in [0.29, 0.717) is 11.8 Å². The Hall–Kier alpha value is -0.190. The highest BCUT2D eigenvalue weighted by Gasteiger charge is 2.62. The van der Waals surface area contributed by atoms with Gasteiger partial charge in [-0.2, -0.15) is 0 Å². The lowest BCUT2D eigenvalue weighted by Gasteiger charge is -2.48. The van der Waals surface area contributed by atoms with Crippen LogP contribution in [0.15, 0.2) is 12.2 Å². The van der Waals surface area contributed by atoms with Crippen molar-refractivity contribution in [1.82, 2.24) is 0 Å². The predicted octanol–water partition coefficient (Wildman–Crippen LogP) is 1.84. The molecule has 0 aromatic carbocycles. The Morgan fingerprint density at radius 3 is 2.73 bits per heavy atom. The standard InChI is InChI=1S/C11H15BrO3/c1-9-4-5-10(2,15-9)11(7-12,14-3)8(13)6-9/h4-5H,6-7H2,1-3H3/t9-,10+,11-/m1/s1. The number of ether oxygens (including phenoxy) is 2. The van der Waals surface area contributed by atoms with E-state index in [0.717, 1.165) is 0 Å². The molecule has 0 N–H and O–H groups in total. The van der Waals surface area contributed by atoms with Gasteiger partial charge in [0.2, 0.25) is 0 Å². The average Bonchev–Trinajstić information content (AvgIpc) is 2.42. The molecule has 15 heavy (non-hydrogen) atoms. The van der Waals surface area contributed by atoms with Gasteiger partial charge in [0.15, 0.2) is 11.4 Å². The van der Waals surface area contributed by atoms with E-state index >= 15 is 0 Å². The molecule has 2 aliphatic heterocycles. The molecule has 2 heterocycles. The van der Waals surface area contributed by atoms with E-state index in [4.69, 9.17) is 9.47 Å². The number of hydrogen-bond acceptors (Lipinski definition) is 3. The van der Waals surface area contributed by atoms with Gasteiger partial charge < -0.3 is 9.47 Å². The van der Waals surface area contributed by atoms with Crippen LogP contribution in [0.3, 0.4) is 0 Å². The second-order valence-electron chi connectivity index (χ2n) is 4.62. The molecule has 2 rings (SSSR count). The van der Waals surface area contributed by atoms with Gasteiger partial charge in [-0.1, -0.05) is 28.1 Å². The van der Waals surface area contributed by atoms with Crippen molar-refractivity contribution in [3.63, 3.8) is 0 Å². The molecule has 0 aromatic heterocycles. The molecule has 1 fully saturated rings. The van der Waals surface area contributed by atoms with Crippen LogP contribution in [0.4, 0.5) is 0 Å². The van der Waals surface area contributed by atoms with Crippen molar-refractivity contribution in [3.8, 4) is 0 Å². The Kier molecular flexibility index (Phi) is 2.38. The van der Waals surface area contributed by atoms with Crippen LogP contribution in [0.1, 0.15) is 20.3 Å². The molecule has 0 aromatic rings. The van der Waals surface area contributed by atoms with Crippen LogP contribution in [0.25, 0.3) is 0 Å². The number of carbonyl (C=O) groups excluding carboxylic acids is 1. The Labute approximate surface area is 97.9 Å². The van der Waals surface area contributed by atoms with E-state index < -0.39 is 16.8 Å². The lowest BCUT2D eigenvalue weighted by atomic mass is 9.78. The number of halogens is 1. The number of hydrogen-bond donors (Lipinski definition) is 0. The first-order valence-corrected chi connectivity index (χ1v) is 6.08. The first-order chi connectivity index (χ1) is 6.91. The monoisotopic (exact) mass is 274 g/mol. The maximum atomic E-state index is 12.2. The SMILES string of the molecule is CO[C@]1(CBr)C(=O)C[C@@]2(C)C=C[C@]1(C)O2. The fraction of sp³-hybridized carbons (Fsp3) is 0.727. The Bertz CT molecular complexity index is 335. The van der Waals surface area contributed by atoms with Gasteiger partial charge in [0.25, 0.3) is 0 Å². The molecular weight excluding hydrogens is 260 g/mol. The zero-order valence-electron chi connectivity index (χ0n) is 9.17. The fourth-order valence-electron chi connectivity index (χ4n) is 2.52. The van der Waals surface area contributed by atoms with Crippen molar-refractivity contribution in [3.05, 3.63) is 12.2 Å². The second kappa shape index (κ2) is 3.15. The van der Waals surface area contributed by atoms with E-state index in [2.05, 4.69) is 15.9 Å². The summed E-state index contributed by atoms with van der Waals surface area (Å²) >= 11 is 3.36. The molecule has 0 saturated carbocycles. The van der Waals surface area contributed by atoms with Gasteiger partial charge in [-0.05, 0) is 13.8 Å². The molecule has 0 spiro atoms. The smallest absolute Gasteiger partial charge is 0.172 e. The van der Waals surface area contributed by atoms with Crippen LogP contribution >= 0.6 is 15.9 Å². The summed E-state index contributed by atoms with van der Waals surface area (Å²) in [5.41, 5.74) is -2.00. The normalized spacial score (nSPS) is 48.7. The highest BCUT2D eigenvalue weighted by Crippen LogP contribution is 2.48. The lowest BCUT2D eigenvalue weighted by molar-refractivity contribution is -0.211. The largest absolute Gasteiger partial charge is 0.366 e. The summed E-state index contributed by atoms with van der Waals surface area (Å²) in [5, 5.41) is 0.451. The van der Waals surface area contributed by atoms with Gasteiger partial charge >= 0.3 is 0 Å². The summed E-state index contributed by atoms with van der Waals surface area (Å²) in [4.78, 5) is 12.2. The molecular formula is C11H15BrO3. The Morgan fingerprint density at radius 2 is 2.20 bits per heavy atom. The second-order valence-corrected chi connectivity index (χ2v) is 5.18. The van der Waals surface area contributed by atoms with Crippen LogP contribution in [0, 0.1) is 0 Å². The maximum Gasteiger partial charge on any atom is 0.172 e. The highest BCUT2D eigenvalue weighted by atomic mass is 79.9. The topological polar surface area (TPSA) is 35.5 Å². The number of rotatable bonds is 2. The van der Waals surface area contributed by atoms with Gasteiger partial charge in [-0.25, -0.2) is 0 Å². The zero-order valence-corrected chi connectivity index (χ0v) is 10.8. The van der Waals surface area contributed by atoms with E-state index in [1.54, 1.807) is 7.11 Å². The maximum absolute atomic E-state index is 12.2.